The third-order valence-electron chi connectivity index (χ3n) is 3.16. The highest BCUT2D eigenvalue weighted by Crippen LogP contribution is 2.19. The van der Waals surface area contributed by atoms with Crippen LogP contribution < -0.4 is 15.4 Å². The van der Waals surface area contributed by atoms with Crippen LogP contribution in [-0.4, -0.2) is 28.9 Å². The Hall–Kier alpha value is -1.91. The molecular weight excluding hydrogens is 443 g/mol. The number of guanidine groups is 1. The molecule has 1 aromatic heterocycles. The topological polar surface area (TPSA) is 63.5 Å². The second-order valence-corrected chi connectivity index (χ2v) is 5.06. The number of ether oxygens (including phenoxy) is 1. The maximum atomic E-state index is 12.4. The molecule has 2 rings (SSSR count). The van der Waals surface area contributed by atoms with Crippen molar-refractivity contribution in [3.63, 3.8) is 0 Å². The van der Waals surface area contributed by atoms with Crippen molar-refractivity contribution < 1.29 is 13.5 Å². The molecule has 6 nitrogen and oxygen atoms in total. The lowest BCUT2D eigenvalue weighted by Gasteiger charge is -2.14. The summed E-state index contributed by atoms with van der Waals surface area (Å²) < 4.78 is 31.1. The molecule has 0 bridgehead atoms. The van der Waals surface area contributed by atoms with Gasteiger partial charge in [0.25, 0.3) is 0 Å². The van der Waals surface area contributed by atoms with E-state index in [0.29, 0.717) is 31.2 Å². The minimum atomic E-state index is -2.85. The minimum absolute atomic E-state index is 0. The van der Waals surface area contributed by atoms with Crippen LogP contribution in [0.1, 0.15) is 18.1 Å². The van der Waals surface area contributed by atoms with Gasteiger partial charge in [-0.1, -0.05) is 18.2 Å². The molecule has 0 amide bonds. The Morgan fingerprint density at radius 2 is 2.08 bits per heavy atom. The Morgan fingerprint density at radius 3 is 2.72 bits per heavy atom. The molecule has 0 radical (unpaired) electrons. The summed E-state index contributed by atoms with van der Waals surface area (Å²) in [5.41, 5.74) is 1.61. The van der Waals surface area contributed by atoms with E-state index >= 15 is 0 Å². The van der Waals surface area contributed by atoms with Gasteiger partial charge in [0.1, 0.15) is 5.75 Å². The van der Waals surface area contributed by atoms with Gasteiger partial charge in [-0.3, -0.25) is 4.68 Å². The lowest BCUT2D eigenvalue weighted by molar-refractivity contribution is -0.0504. The molecular formula is C16H22F2IN5O. The van der Waals surface area contributed by atoms with Crippen molar-refractivity contribution in [3.8, 4) is 5.75 Å². The third kappa shape index (κ3) is 7.24. The monoisotopic (exact) mass is 465 g/mol. The zero-order chi connectivity index (χ0) is 17.4. The van der Waals surface area contributed by atoms with Gasteiger partial charge in [-0.2, -0.15) is 13.9 Å². The number of hydrogen-bond acceptors (Lipinski definition) is 3. The summed E-state index contributed by atoms with van der Waals surface area (Å²) in [5.74, 6) is 0.747. The summed E-state index contributed by atoms with van der Waals surface area (Å²) >= 11 is 0. The van der Waals surface area contributed by atoms with Crippen molar-refractivity contribution in [2.24, 2.45) is 12.0 Å². The van der Waals surface area contributed by atoms with E-state index in [0.717, 1.165) is 5.56 Å². The first-order chi connectivity index (χ1) is 11.6. The maximum absolute atomic E-state index is 12.4. The van der Waals surface area contributed by atoms with Crippen LogP contribution in [0.5, 0.6) is 5.75 Å². The van der Waals surface area contributed by atoms with E-state index in [9.17, 15) is 8.78 Å². The summed E-state index contributed by atoms with van der Waals surface area (Å²) in [5, 5.41) is 10.3. The molecule has 25 heavy (non-hydrogen) atoms. The lowest BCUT2D eigenvalue weighted by atomic mass is 10.2. The molecule has 2 N–H and O–H groups in total. The molecule has 0 fully saturated rings. The SMILES string of the molecule is CCNC(=NCc1cnn(C)c1)NCc1ccccc1OC(F)F.I. The molecule has 0 aliphatic heterocycles. The fraction of sp³-hybridized carbons (Fsp3) is 0.375. The first-order valence-electron chi connectivity index (χ1n) is 7.61. The molecule has 0 saturated carbocycles. The Morgan fingerprint density at radius 1 is 1.32 bits per heavy atom. The van der Waals surface area contributed by atoms with Crippen LogP contribution in [0, 0.1) is 0 Å². The highest BCUT2D eigenvalue weighted by Gasteiger charge is 2.09. The van der Waals surface area contributed by atoms with Crippen LogP contribution in [0.15, 0.2) is 41.7 Å². The summed E-state index contributed by atoms with van der Waals surface area (Å²) in [6.07, 6.45) is 3.64. The zero-order valence-corrected chi connectivity index (χ0v) is 16.4. The molecule has 2 aromatic rings. The third-order valence-corrected chi connectivity index (χ3v) is 3.16. The molecule has 0 aliphatic carbocycles. The van der Waals surface area contributed by atoms with Gasteiger partial charge in [-0.05, 0) is 13.0 Å². The van der Waals surface area contributed by atoms with Gasteiger partial charge < -0.3 is 15.4 Å². The average Bonchev–Trinajstić information content (AvgIpc) is 2.96. The number of halogens is 3. The van der Waals surface area contributed by atoms with Crippen molar-refractivity contribution in [2.45, 2.75) is 26.6 Å². The summed E-state index contributed by atoms with van der Waals surface area (Å²) in [7, 11) is 1.84. The smallest absolute Gasteiger partial charge is 0.387 e. The number of aromatic nitrogens is 2. The van der Waals surface area contributed by atoms with E-state index in [-0.39, 0.29) is 29.7 Å². The second-order valence-electron chi connectivity index (χ2n) is 5.06. The van der Waals surface area contributed by atoms with Gasteiger partial charge >= 0.3 is 6.61 Å². The molecule has 0 spiro atoms. The summed E-state index contributed by atoms with van der Waals surface area (Å²) in [6, 6.07) is 6.68. The largest absolute Gasteiger partial charge is 0.434 e. The van der Waals surface area contributed by atoms with Crippen molar-refractivity contribution in [3.05, 3.63) is 47.8 Å². The maximum Gasteiger partial charge on any atom is 0.387 e. The predicted octanol–water partition coefficient (Wildman–Crippen LogP) is 2.89. The molecule has 9 heteroatoms. The van der Waals surface area contributed by atoms with E-state index in [1.54, 1.807) is 29.1 Å². The quantitative estimate of drug-likeness (QED) is 0.375. The second kappa shape index (κ2) is 10.9. The van der Waals surface area contributed by atoms with Crippen molar-refractivity contribution in [1.29, 1.82) is 0 Å². The predicted molar refractivity (Wildman–Crippen MR) is 103 cm³/mol. The fourth-order valence-electron chi connectivity index (χ4n) is 2.11. The highest BCUT2D eigenvalue weighted by molar-refractivity contribution is 14.0. The molecule has 1 heterocycles. The number of alkyl halides is 2. The Labute approximate surface area is 162 Å². The van der Waals surface area contributed by atoms with Gasteiger partial charge in [-0.25, -0.2) is 4.99 Å². The van der Waals surface area contributed by atoms with Gasteiger partial charge in [0.2, 0.25) is 0 Å². The summed E-state index contributed by atoms with van der Waals surface area (Å²) in [6.45, 7) is 0.585. The number of nitrogens with one attached hydrogen (secondary N) is 2. The zero-order valence-electron chi connectivity index (χ0n) is 14.1. The lowest BCUT2D eigenvalue weighted by Crippen LogP contribution is -2.36. The number of nitrogens with zero attached hydrogens (tertiary/aromatic N) is 3. The van der Waals surface area contributed by atoms with E-state index in [4.69, 9.17) is 0 Å². The van der Waals surface area contributed by atoms with Crippen LogP contribution in [0.4, 0.5) is 8.78 Å². The first-order valence-corrected chi connectivity index (χ1v) is 7.61. The highest BCUT2D eigenvalue weighted by atomic mass is 127. The molecule has 0 saturated heterocycles. The summed E-state index contributed by atoms with van der Waals surface area (Å²) in [4.78, 5) is 4.45. The van der Waals surface area contributed by atoms with Gasteiger partial charge in [0, 0.05) is 37.5 Å². The molecule has 0 aliphatic rings. The van der Waals surface area contributed by atoms with Gasteiger partial charge in [0.05, 0.1) is 12.7 Å². The van der Waals surface area contributed by atoms with Crippen LogP contribution in [0.25, 0.3) is 0 Å². The molecule has 0 unspecified atom stereocenters. The van der Waals surface area contributed by atoms with Crippen LogP contribution >= 0.6 is 24.0 Å². The first kappa shape index (κ1) is 21.1. The number of rotatable bonds is 7. The number of aryl methyl sites for hydroxylation is 1. The van der Waals surface area contributed by atoms with E-state index in [1.807, 2.05) is 20.2 Å². The fourth-order valence-corrected chi connectivity index (χ4v) is 2.11. The Kier molecular flexibility index (Phi) is 9.17. The Bertz CT molecular complexity index is 678. The molecule has 138 valence electrons. The van der Waals surface area contributed by atoms with E-state index in [2.05, 4.69) is 25.5 Å². The minimum Gasteiger partial charge on any atom is -0.434 e. The molecule has 0 atom stereocenters. The van der Waals surface area contributed by atoms with Crippen LogP contribution in [0.2, 0.25) is 0 Å². The Balaban J connectivity index is 0.00000312. The van der Waals surface area contributed by atoms with Crippen LogP contribution in [-0.2, 0) is 20.1 Å². The van der Waals surface area contributed by atoms with Crippen molar-refractivity contribution in [2.75, 3.05) is 6.54 Å². The normalized spacial score (nSPS) is 11.2. The standard InChI is InChI=1S/C16H21F2N5O.HI/c1-3-19-16(20-8-12-9-22-23(2)11-12)21-10-13-6-4-5-7-14(13)24-15(17)18;/h4-7,9,11,15H,3,8,10H2,1-2H3,(H2,19,20,21);1H. The van der Waals surface area contributed by atoms with Crippen molar-refractivity contribution in [1.82, 2.24) is 20.4 Å². The number of aliphatic imine (C=N–C) groups is 1. The number of para-hydroxylation sites is 1. The van der Waals surface area contributed by atoms with Crippen molar-refractivity contribution >= 4 is 29.9 Å². The van der Waals surface area contributed by atoms with E-state index < -0.39 is 6.61 Å². The van der Waals surface area contributed by atoms with Gasteiger partial charge in [0.15, 0.2) is 5.96 Å². The average molecular weight is 465 g/mol. The van der Waals surface area contributed by atoms with E-state index in [1.165, 1.54) is 6.07 Å². The number of benzene rings is 1. The number of hydrogen-bond donors (Lipinski definition) is 2. The van der Waals surface area contributed by atoms with Gasteiger partial charge in [-0.15, -0.1) is 24.0 Å². The molecule has 1 aromatic carbocycles. The van der Waals surface area contributed by atoms with Crippen LogP contribution in [0.3, 0.4) is 0 Å².